The van der Waals surface area contributed by atoms with E-state index >= 15 is 0 Å². The molecule has 2 heterocycles. The first-order valence-electron chi connectivity index (χ1n) is 11.1. The molecule has 7 heteroatoms. The fourth-order valence-electron chi connectivity index (χ4n) is 4.79. The first-order chi connectivity index (χ1) is 16.0. The summed E-state index contributed by atoms with van der Waals surface area (Å²) in [5.41, 5.74) is 7.67. The second-order valence-electron chi connectivity index (χ2n) is 8.54. The van der Waals surface area contributed by atoms with E-state index in [0.717, 1.165) is 47.5 Å². The highest BCUT2D eigenvalue weighted by Gasteiger charge is 2.36. The van der Waals surface area contributed by atoms with Crippen LogP contribution in [-0.4, -0.2) is 23.6 Å². The summed E-state index contributed by atoms with van der Waals surface area (Å²) in [4.78, 5) is 28.0. The van der Waals surface area contributed by atoms with Crippen LogP contribution in [0.4, 0.5) is 5.69 Å². The number of furan rings is 1. The van der Waals surface area contributed by atoms with Gasteiger partial charge >= 0.3 is 0 Å². The number of benzene rings is 2. The molecule has 1 unspecified atom stereocenters. The first kappa shape index (κ1) is 21.6. The van der Waals surface area contributed by atoms with Crippen molar-refractivity contribution in [3.63, 3.8) is 0 Å². The lowest BCUT2D eigenvalue weighted by Crippen LogP contribution is -2.35. The largest absolute Gasteiger partial charge is 0.455 e. The standard InChI is InChI=1S/C26H24BrN3O3/c1-15-14-17-8-3-6-12-21(17)30(15)26(32)24-16(2)23-20(11-7-13-22(23)33-24)28-29-25(31)18-9-4-5-10-19(18)27/h3-6,8-10,12,15H,7,11,13-14H2,1-2H3,(H,29,31)/b28-20+. The maximum Gasteiger partial charge on any atom is 0.294 e. The number of amides is 2. The predicted molar refractivity (Wildman–Crippen MR) is 131 cm³/mol. The molecule has 0 fully saturated rings. The number of hydrogen-bond acceptors (Lipinski definition) is 4. The van der Waals surface area contributed by atoms with Gasteiger partial charge in [0, 0.05) is 33.7 Å². The number of halogens is 1. The van der Waals surface area contributed by atoms with Gasteiger partial charge in [0.2, 0.25) is 0 Å². The van der Waals surface area contributed by atoms with E-state index in [-0.39, 0.29) is 17.9 Å². The molecular formula is C26H24BrN3O3. The van der Waals surface area contributed by atoms with Gasteiger partial charge in [0.1, 0.15) is 5.76 Å². The molecular weight excluding hydrogens is 482 g/mol. The van der Waals surface area contributed by atoms with Crippen molar-refractivity contribution < 1.29 is 14.0 Å². The number of fused-ring (bicyclic) bond motifs is 2. The third kappa shape index (κ3) is 3.80. The third-order valence-electron chi connectivity index (χ3n) is 6.36. The van der Waals surface area contributed by atoms with Gasteiger partial charge in [-0.05, 0) is 72.8 Å². The zero-order valence-corrected chi connectivity index (χ0v) is 20.1. The quantitative estimate of drug-likeness (QED) is 0.483. The Balaban J connectivity index is 1.45. The fraction of sp³-hybridized carbons (Fsp3) is 0.269. The van der Waals surface area contributed by atoms with Crippen molar-refractivity contribution >= 4 is 39.1 Å². The molecule has 1 N–H and O–H groups in total. The van der Waals surface area contributed by atoms with E-state index in [0.29, 0.717) is 22.2 Å². The van der Waals surface area contributed by atoms with Gasteiger partial charge in [-0.3, -0.25) is 9.59 Å². The minimum Gasteiger partial charge on any atom is -0.455 e. The van der Waals surface area contributed by atoms with E-state index in [1.807, 2.05) is 42.2 Å². The highest BCUT2D eigenvalue weighted by molar-refractivity contribution is 9.10. The van der Waals surface area contributed by atoms with E-state index in [1.165, 1.54) is 5.56 Å². The number of carbonyl (C=O) groups is 2. The van der Waals surface area contributed by atoms with Crippen molar-refractivity contribution in [3.05, 3.63) is 86.8 Å². The van der Waals surface area contributed by atoms with Gasteiger partial charge in [-0.1, -0.05) is 30.3 Å². The Labute approximate surface area is 200 Å². The third-order valence-corrected chi connectivity index (χ3v) is 7.05. The Morgan fingerprint density at radius 1 is 1.12 bits per heavy atom. The maximum atomic E-state index is 13.6. The molecule has 0 spiro atoms. The van der Waals surface area contributed by atoms with E-state index < -0.39 is 0 Å². The lowest BCUT2D eigenvalue weighted by molar-refractivity contribution is 0.0945. The van der Waals surface area contributed by atoms with Crippen molar-refractivity contribution in [1.82, 2.24) is 5.43 Å². The molecule has 0 saturated carbocycles. The molecule has 1 aliphatic heterocycles. The molecule has 2 aliphatic rings. The Morgan fingerprint density at radius 2 is 1.88 bits per heavy atom. The van der Waals surface area contributed by atoms with Crippen LogP contribution in [0.2, 0.25) is 0 Å². The smallest absolute Gasteiger partial charge is 0.294 e. The minimum absolute atomic E-state index is 0.0631. The van der Waals surface area contributed by atoms with E-state index in [2.05, 4.69) is 39.4 Å². The van der Waals surface area contributed by atoms with Crippen LogP contribution in [0.5, 0.6) is 0 Å². The molecule has 2 amide bonds. The molecule has 0 bridgehead atoms. The second-order valence-corrected chi connectivity index (χ2v) is 9.40. The summed E-state index contributed by atoms with van der Waals surface area (Å²) in [5.74, 6) is 0.699. The average Bonchev–Trinajstić information content (AvgIpc) is 3.34. The molecule has 1 aromatic heterocycles. The summed E-state index contributed by atoms with van der Waals surface area (Å²) in [5, 5.41) is 4.44. The minimum atomic E-state index is -0.290. The molecule has 168 valence electrons. The number of aryl methyl sites for hydroxylation is 1. The zero-order valence-electron chi connectivity index (χ0n) is 18.5. The van der Waals surface area contributed by atoms with Gasteiger partial charge < -0.3 is 9.32 Å². The summed E-state index contributed by atoms with van der Waals surface area (Å²) >= 11 is 3.40. The number of hydrogen-bond donors (Lipinski definition) is 1. The summed E-state index contributed by atoms with van der Waals surface area (Å²) in [6.45, 7) is 3.96. The summed E-state index contributed by atoms with van der Waals surface area (Å²) in [6, 6.07) is 15.3. The topological polar surface area (TPSA) is 74.9 Å². The number of hydrazone groups is 1. The number of para-hydroxylation sites is 1. The monoisotopic (exact) mass is 505 g/mol. The molecule has 0 saturated heterocycles. The van der Waals surface area contributed by atoms with E-state index in [9.17, 15) is 9.59 Å². The van der Waals surface area contributed by atoms with Crippen LogP contribution >= 0.6 is 15.9 Å². The number of carbonyl (C=O) groups excluding carboxylic acids is 2. The SMILES string of the molecule is Cc1c(C(=O)N2c3ccccc3CC2C)oc2c1/C(=N/NC(=O)c1ccccc1Br)CCC2. The molecule has 5 rings (SSSR count). The number of nitrogens with one attached hydrogen (secondary N) is 1. The molecule has 6 nitrogen and oxygen atoms in total. The van der Waals surface area contributed by atoms with Crippen molar-refractivity contribution in [2.24, 2.45) is 5.10 Å². The van der Waals surface area contributed by atoms with Gasteiger partial charge in [0.15, 0.2) is 5.76 Å². The lowest BCUT2D eigenvalue weighted by atomic mass is 9.93. The molecule has 33 heavy (non-hydrogen) atoms. The van der Waals surface area contributed by atoms with Crippen LogP contribution in [0.25, 0.3) is 0 Å². The number of nitrogens with zero attached hydrogens (tertiary/aromatic N) is 2. The molecule has 3 aromatic rings. The Morgan fingerprint density at radius 3 is 2.70 bits per heavy atom. The van der Waals surface area contributed by atoms with Crippen molar-refractivity contribution in [3.8, 4) is 0 Å². The van der Waals surface area contributed by atoms with Gasteiger partial charge in [-0.2, -0.15) is 5.10 Å². The summed E-state index contributed by atoms with van der Waals surface area (Å²) in [7, 11) is 0. The van der Waals surface area contributed by atoms with E-state index in [4.69, 9.17) is 4.42 Å². The summed E-state index contributed by atoms with van der Waals surface area (Å²) in [6.07, 6.45) is 3.13. The van der Waals surface area contributed by atoms with Crippen LogP contribution in [-0.2, 0) is 12.8 Å². The van der Waals surface area contributed by atoms with Crippen molar-refractivity contribution in [2.75, 3.05) is 4.90 Å². The van der Waals surface area contributed by atoms with Crippen molar-refractivity contribution in [2.45, 2.75) is 45.6 Å². The van der Waals surface area contributed by atoms with E-state index in [1.54, 1.807) is 12.1 Å². The number of anilines is 1. The van der Waals surface area contributed by atoms with Gasteiger partial charge in [-0.25, -0.2) is 5.43 Å². The highest BCUT2D eigenvalue weighted by Crippen LogP contribution is 2.36. The molecule has 1 atom stereocenters. The lowest BCUT2D eigenvalue weighted by Gasteiger charge is -2.21. The molecule has 2 aromatic carbocycles. The van der Waals surface area contributed by atoms with Crippen LogP contribution < -0.4 is 10.3 Å². The molecule has 0 radical (unpaired) electrons. The fourth-order valence-corrected chi connectivity index (χ4v) is 5.26. The van der Waals surface area contributed by atoms with Crippen LogP contribution in [0.3, 0.4) is 0 Å². The maximum absolute atomic E-state index is 13.6. The zero-order chi connectivity index (χ0) is 23.1. The van der Waals surface area contributed by atoms with Gasteiger partial charge in [0.05, 0.1) is 11.3 Å². The Kier molecular flexibility index (Phi) is 5.66. The van der Waals surface area contributed by atoms with Crippen molar-refractivity contribution in [1.29, 1.82) is 0 Å². The predicted octanol–water partition coefficient (Wildman–Crippen LogP) is 5.41. The second kappa shape index (κ2) is 8.63. The summed E-state index contributed by atoms with van der Waals surface area (Å²) < 4.78 is 6.83. The van der Waals surface area contributed by atoms with Gasteiger partial charge in [-0.15, -0.1) is 0 Å². The normalized spacial score (nSPS) is 18.2. The van der Waals surface area contributed by atoms with Crippen LogP contribution in [0, 0.1) is 6.92 Å². The van der Waals surface area contributed by atoms with Gasteiger partial charge in [0.25, 0.3) is 11.8 Å². The molecule has 1 aliphatic carbocycles. The first-order valence-corrected chi connectivity index (χ1v) is 11.9. The Hall–Kier alpha value is -3.19. The van der Waals surface area contributed by atoms with Crippen LogP contribution in [0.1, 0.15) is 63.1 Å². The number of rotatable bonds is 3. The van der Waals surface area contributed by atoms with Crippen LogP contribution in [0.15, 0.2) is 62.5 Å². The Bertz CT molecular complexity index is 1290. The average molecular weight is 506 g/mol. The highest BCUT2D eigenvalue weighted by atomic mass is 79.9.